The zero-order valence-electron chi connectivity index (χ0n) is 15.3. The van der Waals surface area contributed by atoms with Crippen molar-refractivity contribution < 1.29 is 13.9 Å². The number of benzene rings is 1. The van der Waals surface area contributed by atoms with E-state index in [1.807, 2.05) is 31.2 Å². The Balaban J connectivity index is 1.60. The minimum atomic E-state index is -0.222. The van der Waals surface area contributed by atoms with Crippen LogP contribution in [0.25, 0.3) is 11.0 Å². The summed E-state index contributed by atoms with van der Waals surface area (Å²) in [5, 5.41) is 6.99. The molecule has 0 radical (unpaired) electrons. The molecule has 6 nitrogen and oxygen atoms in total. The molecule has 2 atom stereocenters. The molecule has 1 aromatic heterocycles. The summed E-state index contributed by atoms with van der Waals surface area (Å²) in [5.74, 6) is 1.41. The van der Waals surface area contributed by atoms with Crippen molar-refractivity contribution in [1.29, 1.82) is 0 Å². The Morgan fingerprint density at radius 3 is 2.84 bits per heavy atom. The van der Waals surface area contributed by atoms with Gasteiger partial charge in [0.25, 0.3) is 0 Å². The summed E-state index contributed by atoms with van der Waals surface area (Å²) in [6.45, 7) is 8.21. The first-order chi connectivity index (χ1) is 12.0. The molecule has 0 saturated carbocycles. The molecule has 1 fully saturated rings. The third-order valence-corrected chi connectivity index (χ3v) is 4.81. The number of nitrogens with one attached hydrogen (secondary N) is 2. The molecular weight excluding hydrogens is 318 g/mol. The molecule has 1 aliphatic heterocycles. The van der Waals surface area contributed by atoms with E-state index in [4.69, 9.17) is 9.15 Å². The van der Waals surface area contributed by atoms with Crippen LogP contribution in [0.3, 0.4) is 0 Å². The number of furan rings is 1. The number of fused-ring (bicyclic) bond motifs is 1. The summed E-state index contributed by atoms with van der Waals surface area (Å²) in [5.41, 5.74) is 0.706. The molecule has 25 heavy (non-hydrogen) atoms. The SMILES string of the molecule is COc1cccc2cc(C(C)NC(=O)NC3CCN(C(C)C)C3)oc12. The number of likely N-dealkylation sites (tertiary alicyclic amines) is 1. The first-order valence-corrected chi connectivity index (χ1v) is 8.85. The van der Waals surface area contributed by atoms with E-state index >= 15 is 0 Å². The standard InChI is InChI=1S/C19H27N3O3/c1-12(2)22-9-8-15(11-22)21-19(23)20-13(3)17-10-14-6-5-7-16(24-4)18(14)25-17/h5-7,10,12-13,15H,8-9,11H2,1-4H3,(H2,20,21,23). The topological polar surface area (TPSA) is 66.7 Å². The van der Waals surface area contributed by atoms with Crippen molar-refractivity contribution in [2.75, 3.05) is 20.2 Å². The van der Waals surface area contributed by atoms with E-state index in [-0.39, 0.29) is 18.1 Å². The molecule has 0 bridgehead atoms. The third-order valence-electron chi connectivity index (χ3n) is 4.81. The van der Waals surface area contributed by atoms with Crippen LogP contribution in [0.1, 0.15) is 39.0 Å². The number of carbonyl (C=O) groups is 1. The number of methoxy groups -OCH3 is 1. The maximum absolute atomic E-state index is 12.3. The monoisotopic (exact) mass is 345 g/mol. The zero-order chi connectivity index (χ0) is 18.0. The first-order valence-electron chi connectivity index (χ1n) is 8.85. The van der Waals surface area contributed by atoms with E-state index in [1.54, 1.807) is 7.11 Å². The van der Waals surface area contributed by atoms with Gasteiger partial charge in [0.2, 0.25) is 0 Å². The fourth-order valence-electron chi connectivity index (χ4n) is 3.30. The Morgan fingerprint density at radius 2 is 2.16 bits per heavy atom. The van der Waals surface area contributed by atoms with Crippen LogP contribution < -0.4 is 15.4 Å². The molecule has 2 unspecified atom stereocenters. The van der Waals surface area contributed by atoms with Gasteiger partial charge in [0.05, 0.1) is 13.2 Å². The van der Waals surface area contributed by atoms with Gasteiger partial charge in [-0.15, -0.1) is 0 Å². The Hall–Kier alpha value is -2.21. The Morgan fingerprint density at radius 1 is 1.36 bits per heavy atom. The number of urea groups is 1. The number of amides is 2. The average molecular weight is 345 g/mol. The average Bonchev–Trinajstić information content (AvgIpc) is 3.20. The van der Waals surface area contributed by atoms with Crippen LogP contribution in [0, 0.1) is 0 Å². The van der Waals surface area contributed by atoms with Gasteiger partial charge in [-0.05, 0) is 39.3 Å². The maximum atomic E-state index is 12.3. The van der Waals surface area contributed by atoms with Gasteiger partial charge in [0.1, 0.15) is 5.76 Å². The number of nitrogens with zero attached hydrogens (tertiary/aromatic N) is 1. The van der Waals surface area contributed by atoms with Gasteiger partial charge in [0.15, 0.2) is 11.3 Å². The van der Waals surface area contributed by atoms with E-state index in [0.29, 0.717) is 23.1 Å². The summed E-state index contributed by atoms with van der Waals surface area (Å²) in [6, 6.07) is 8.03. The van der Waals surface area contributed by atoms with Crippen molar-refractivity contribution in [2.24, 2.45) is 0 Å². The molecule has 1 saturated heterocycles. The van der Waals surface area contributed by atoms with Crippen molar-refractivity contribution in [3.63, 3.8) is 0 Å². The molecule has 6 heteroatoms. The predicted molar refractivity (Wildman–Crippen MR) is 98.0 cm³/mol. The maximum Gasteiger partial charge on any atom is 0.315 e. The summed E-state index contributed by atoms with van der Waals surface area (Å²) in [4.78, 5) is 14.7. The molecule has 2 aromatic rings. The van der Waals surface area contributed by atoms with Crippen molar-refractivity contribution in [1.82, 2.24) is 15.5 Å². The lowest BCUT2D eigenvalue weighted by atomic mass is 10.2. The van der Waals surface area contributed by atoms with Crippen LogP contribution in [0.15, 0.2) is 28.7 Å². The number of para-hydroxylation sites is 1. The molecule has 2 heterocycles. The van der Waals surface area contributed by atoms with Gasteiger partial charge >= 0.3 is 6.03 Å². The second-order valence-electron chi connectivity index (χ2n) is 6.94. The fourth-order valence-corrected chi connectivity index (χ4v) is 3.30. The second-order valence-corrected chi connectivity index (χ2v) is 6.94. The van der Waals surface area contributed by atoms with Gasteiger partial charge in [-0.2, -0.15) is 0 Å². The molecule has 1 aromatic carbocycles. The van der Waals surface area contributed by atoms with Crippen LogP contribution in [0.2, 0.25) is 0 Å². The summed E-state index contributed by atoms with van der Waals surface area (Å²) in [6.07, 6.45) is 0.988. The lowest BCUT2D eigenvalue weighted by Gasteiger charge is -2.21. The number of ether oxygens (including phenoxy) is 1. The largest absolute Gasteiger partial charge is 0.493 e. The van der Waals surface area contributed by atoms with Gasteiger partial charge in [-0.1, -0.05) is 12.1 Å². The fraction of sp³-hybridized carbons (Fsp3) is 0.526. The summed E-state index contributed by atoms with van der Waals surface area (Å²) in [7, 11) is 1.62. The molecule has 0 spiro atoms. The zero-order valence-corrected chi connectivity index (χ0v) is 15.3. The lowest BCUT2D eigenvalue weighted by molar-refractivity contribution is 0.229. The Labute approximate surface area is 148 Å². The van der Waals surface area contributed by atoms with E-state index in [1.165, 1.54) is 0 Å². The van der Waals surface area contributed by atoms with Gasteiger partial charge in [-0.3, -0.25) is 4.90 Å². The first kappa shape index (κ1) is 17.6. The van der Waals surface area contributed by atoms with Crippen molar-refractivity contribution in [3.8, 4) is 5.75 Å². The van der Waals surface area contributed by atoms with E-state index in [2.05, 4.69) is 29.4 Å². The minimum absolute atomic E-state index is 0.157. The highest BCUT2D eigenvalue weighted by Crippen LogP contribution is 2.30. The van der Waals surface area contributed by atoms with E-state index in [0.717, 1.165) is 24.9 Å². The van der Waals surface area contributed by atoms with Crippen LogP contribution in [0.5, 0.6) is 5.75 Å². The van der Waals surface area contributed by atoms with Crippen LogP contribution in [-0.4, -0.2) is 43.2 Å². The number of carbonyl (C=O) groups excluding carboxylic acids is 1. The highest BCUT2D eigenvalue weighted by atomic mass is 16.5. The highest BCUT2D eigenvalue weighted by Gasteiger charge is 2.26. The third kappa shape index (κ3) is 3.90. The molecule has 3 rings (SSSR count). The molecule has 1 aliphatic rings. The van der Waals surface area contributed by atoms with Crippen LogP contribution in [-0.2, 0) is 0 Å². The number of hydrogen-bond donors (Lipinski definition) is 2. The summed E-state index contributed by atoms with van der Waals surface area (Å²) < 4.78 is 11.2. The van der Waals surface area contributed by atoms with Crippen LogP contribution >= 0.6 is 0 Å². The Bertz CT molecular complexity index is 741. The summed E-state index contributed by atoms with van der Waals surface area (Å²) >= 11 is 0. The van der Waals surface area contributed by atoms with E-state index < -0.39 is 0 Å². The quantitative estimate of drug-likeness (QED) is 0.873. The number of rotatable bonds is 5. The molecule has 2 N–H and O–H groups in total. The normalized spacial score (nSPS) is 19.3. The second kappa shape index (κ2) is 7.35. The molecule has 0 aliphatic carbocycles. The smallest absolute Gasteiger partial charge is 0.315 e. The van der Waals surface area contributed by atoms with E-state index in [9.17, 15) is 4.79 Å². The molecular formula is C19H27N3O3. The molecule has 2 amide bonds. The minimum Gasteiger partial charge on any atom is -0.493 e. The lowest BCUT2D eigenvalue weighted by Crippen LogP contribution is -2.44. The van der Waals surface area contributed by atoms with Crippen molar-refractivity contribution >= 4 is 17.0 Å². The van der Waals surface area contributed by atoms with Gasteiger partial charge in [0, 0.05) is 30.6 Å². The number of hydrogen-bond acceptors (Lipinski definition) is 4. The van der Waals surface area contributed by atoms with Crippen molar-refractivity contribution in [2.45, 2.75) is 45.3 Å². The Kier molecular flexibility index (Phi) is 5.18. The molecule has 136 valence electrons. The van der Waals surface area contributed by atoms with Crippen LogP contribution in [0.4, 0.5) is 4.79 Å². The van der Waals surface area contributed by atoms with Gasteiger partial charge < -0.3 is 19.8 Å². The van der Waals surface area contributed by atoms with Crippen molar-refractivity contribution in [3.05, 3.63) is 30.0 Å². The van der Waals surface area contributed by atoms with Gasteiger partial charge in [-0.25, -0.2) is 4.79 Å². The highest BCUT2D eigenvalue weighted by molar-refractivity contribution is 5.84. The predicted octanol–water partition coefficient (Wildman–Crippen LogP) is 3.28.